The number of hydrogen-bond acceptors (Lipinski definition) is 4. The highest BCUT2D eigenvalue weighted by molar-refractivity contribution is 7.87. The molecule has 6 nitrogen and oxygen atoms in total. The fraction of sp³-hybridized carbons (Fsp3) is 0.667. The molecule has 7 heteroatoms. The van der Waals surface area contributed by atoms with Gasteiger partial charge in [-0.25, -0.2) is 4.72 Å². The lowest BCUT2D eigenvalue weighted by atomic mass is 10.1. The van der Waals surface area contributed by atoms with Crippen LogP contribution in [0.15, 0.2) is 18.2 Å². The van der Waals surface area contributed by atoms with Crippen molar-refractivity contribution in [2.24, 2.45) is 5.92 Å². The fourth-order valence-corrected chi connectivity index (χ4v) is 3.65. The molecule has 1 atom stereocenters. The number of nitrogens with one attached hydrogen (secondary N) is 1. The number of aryl methyl sites for hydroxylation is 1. The van der Waals surface area contributed by atoms with Crippen LogP contribution >= 0.6 is 0 Å². The average Bonchev–Trinajstić information content (AvgIpc) is 2.92. The smallest absolute Gasteiger partial charge is 0.279 e. The molecule has 1 aromatic heterocycles. The number of likely N-dealkylation sites (tertiary alicyclic amines) is 1. The van der Waals surface area contributed by atoms with Gasteiger partial charge in [0.05, 0.1) is 5.69 Å². The summed E-state index contributed by atoms with van der Waals surface area (Å²) >= 11 is 0. The van der Waals surface area contributed by atoms with E-state index in [1.165, 1.54) is 4.31 Å². The Morgan fingerprint density at radius 2 is 2.23 bits per heavy atom. The Labute approximate surface area is 133 Å². The minimum absolute atomic E-state index is 0.366. The highest BCUT2D eigenvalue weighted by Gasteiger charge is 2.25. The summed E-state index contributed by atoms with van der Waals surface area (Å²) < 4.78 is 27.9. The van der Waals surface area contributed by atoms with Gasteiger partial charge in [-0.2, -0.15) is 12.7 Å². The predicted octanol–water partition coefficient (Wildman–Crippen LogP) is 0.998. The third kappa shape index (κ3) is 4.74. The average molecular weight is 326 g/mol. The first-order valence-corrected chi connectivity index (χ1v) is 9.20. The van der Waals surface area contributed by atoms with Crippen LogP contribution in [0.4, 0.5) is 0 Å². The SMILES string of the molecule is CCN(C)S(=O)(=O)NC[C@H]1CCN(Cc2cccc(C)n2)C1. The quantitative estimate of drug-likeness (QED) is 0.812. The van der Waals surface area contributed by atoms with Crippen molar-refractivity contribution < 1.29 is 8.42 Å². The Kier molecular flexibility index (Phi) is 5.91. The molecule has 0 radical (unpaired) electrons. The van der Waals surface area contributed by atoms with Gasteiger partial charge in [-0.1, -0.05) is 13.0 Å². The summed E-state index contributed by atoms with van der Waals surface area (Å²) in [4.78, 5) is 6.86. The van der Waals surface area contributed by atoms with Crippen molar-refractivity contribution in [2.75, 3.05) is 33.2 Å². The summed E-state index contributed by atoms with van der Waals surface area (Å²) in [6.07, 6.45) is 1.02. The lowest BCUT2D eigenvalue weighted by Gasteiger charge is -2.18. The summed E-state index contributed by atoms with van der Waals surface area (Å²) in [5.74, 6) is 0.366. The van der Waals surface area contributed by atoms with E-state index in [0.29, 0.717) is 19.0 Å². The molecule has 0 bridgehead atoms. The molecule has 1 N–H and O–H groups in total. The van der Waals surface area contributed by atoms with Gasteiger partial charge in [-0.3, -0.25) is 9.88 Å². The van der Waals surface area contributed by atoms with E-state index >= 15 is 0 Å². The predicted molar refractivity (Wildman–Crippen MR) is 87.6 cm³/mol. The maximum atomic E-state index is 11.9. The fourth-order valence-electron chi connectivity index (χ4n) is 2.64. The molecular formula is C15H26N4O2S. The Hall–Kier alpha value is -1.02. The van der Waals surface area contributed by atoms with Gasteiger partial charge < -0.3 is 0 Å². The van der Waals surface area contributed by atoms with E-state index in [-0.39, 0.29) is 0 Å². The Bertz CT molecular complexity index is 591. The van der Waals surface area contributed by atoms with Gasteiger partial charge in [0.25, 0.3) is 10.2 Å². The van der Waals surface area contributed by atoms with Crippen molar-refractivity contribution in [3.63, 3.8) is 0 Å². The van der Waals surface area contributed by atoms with Crippen LogP contribution in [-0.4, -0.2) is 55.8 Å². The van der Waals surface area contributed by atoms with Gasteiger partial charge in [-0.05, 0) is 37.9 Å². The number of aromatic nitrogens is 1. The van der Waals surface area contributed by atoms with Gasteiger partial charge in [0, 0.05) is 38.9 Å². The standard InChI is InChI=1S/C15H26N4O2S/c1-4-18(3)22(20,21)16-10-14-8-9-19(11-14)12-15-7-5-6-13(2)17-15/h5-7,14,16H,4,8-12H2,1-3H3/t14-/m1/s1. The second-order valence-corrected chi connectivity index (χ2v) is 7.79. The van der Waals surface area contributed by atoms with Crippen LogP contribution < -0.4 is 4.72 Å². The molecule has 1 aromatic rings. The summed E-state index contributed by atoms with van der Waals surface area (Å²) in [6.45, 7) is 7.54. The summed E-state index contributed by atoms with van der Waals surface area (Å²) in [5, 5.41) is 0. The van der Waals surface area contributed by atoms with Crippen LogP contribution in [0.3, 0.4) is 0 Å². The summed E-state index contributed by atoms with van der Waals surface area (Å²) in [5.41, 5.74) is 2.11. The van der Waals surface area contributed by atoms with Crippen molar-refractivity contribution in [1.29, 1.82) is 0 Å². The second kappa shape index (κ2) is 7.50. The number of pyridine rings is 1. The molecule has 0 unspecified atom stereocenters. The topological polar surface area (TPSA) is 65.5 Å². The van der Waals surface area contributed by atoms with Crippen LogP contribution in [0.2, 0.25) is 0 Å². The van der Waals surface area contributed by atoms with Crippen molar-refractivity contribution in [3.8, 4) is 0 Å². The molecule has 2 heterocycles. The number of rotatable bonds is 7. The third-order valence-corrected chi connectivity index (χ3v) is 5.72. The van der Waals surface area contributed by atoms with Crippen molar-refractivity contribution in [2.45, 2.75) is 26.8 Å². The largest absolute Gasteiger partial charge is 0.297 e. The second-order valence-electron chi connectivity index (χ2n) is 5.93. The molecule has 0 spiro atoms. The maximum Gasteiger partial charge on any atom is 0.279 e. The highest BCUT2D eigenvalue weighted by atomic mass is 32.2. The lowest BCUT2D eigenvalue weighted by molar-refractivity contribution is 0.312. The Balaban J connectivity index is 1.81. The van der Waals surface area contributed by atoms with Crippen LogP contribution in [0.5, 0.6) is 0 Å². The van der Waals surface area contributed by atoms with E-state index in [4.69, 9.17) is 0 Å². The molecule has 0 amide bonds. The minimum Gasteiger partial charge on any atom is -0.297 e. The first-order chi connectivity index (χ1) is 10.4. The van der Waals surface area contributed by atoms with Crippen LogP contribution in [-0.2, 0) is 16.8 Å². The minimum atomic E-state index is -3.33. The molecule has 0 aliphatic carbocycles. The lowest BCUT2D eigenvalue weighted by Crippen LogP contribution is -2.40. The molecular weight excluding hydrogens is 300 g/mol. The third-order valence-electron chi connectivity index (χ3n) is 4.11. The van der Waals surface area contributed by atoms with Crippen LogP contribution in [0, 0.1) is 12.8 Å². The van der Waals surface area contributed by atoms with Gasteiger partial charge in [0.2, 0.25) is 0 Å². The van der Waals surface area contributed by atoms with E-state index in [2.05, 4.69) is 14.6 Å². The van der Waals surface area contributed by atoms with Crippen molar-refractivity contribution in [1.82, 2.24) is 18.9 Å². The first-order valence-electron chi connectivity index (χ1n) is 7.76. The Morgan fingerprint density at radius 3 is 2.91 bits per heavy atom. The number of nitrogens with zero attached hydrogens (tertiary/aromatic N) is 3. The number of hydrogen-bond donors (Lipinski definition) is 1. The summed E-state index contributed by atoms with van der Waals surface area (Å²) in [7, 11) is -1.74. The molecule has 124 valence electrons. The zero-order valence-corrected chi connectivity index (χ0v) is 14.4. The molecule has 22 heavy (non-hydrogen) atoms. The van der Waals surface area contributed by atoms with Gasteiger partial charge in [-0.15, -0.1) is 0 Å². The van der Waals surface area contributed by atoms with Crippen molar-refractivity contribution >= 4 is 10.2 Å². The monoisotopic (exact) mass is 326 g/mol. The van der Waals surface area contributed by atoms with Gasteiger partial charge >= 0.3 is 0 Å². The molecule has 1 saturated heterocycles. The van der Waals surface area contributed by atoms with E-state index in [1.54, 1.807) is 7.05 Å². The molecule has 1 aliphatic heterocycles. The maximum absolute atomic E-state index is 11.9. The molecule has 1 aliphatic rings. The van der Waals surface area contributed by atoms with Gasteiger partial charge in [0.15, 0.2) is 0 Å². The van der Waals surface area contributed by atoms with E-state index in [1.807, 2.05) is 32.0 Å². The molecule has 1 fully saturated rings. The molecule has 0 saturated carbocycles. The van der Waals surface area contributed by atoms with Gasteiger partial charge in [0.1, 0.15) is 0 Å². The zero-order chi connectivity index (χ0) is 16.2. The normalized spacial score (nSPS) is 19.9. The first kappa shape index (κ1) is 17.3. The van der Waals surface area contributed by atoms with E-state index in [9.17, 15) is 8.42 Å². The zero-order valence-electron chi connectivity index (χ0n) is 13.6. The molecule has 2 rings (SSSR count). The van der Waals surface area contributed by atoms with E-state index < -0.39 is 10.2 Å². The van der Waals surface area contributed by atoms with Crippen LogP contribution in [0.1, 0.15) is 24.7 Å². The summed E-state index contributed by atoms with van der Waals surface area (Å²) in [6, 6.07) is 6.06. The van der Waals surface area contributed by atoms with E-state index in [0.717, 1.165) is 37.4 Å². The van der Waals surface area contributed by atoms with Crippen LogP contribution in [0.25, 0.3) is 0 Å². The van der Waals surface area contributed by atoms with Crippen molar-refractivity contribution in [3.05, 3.63) is 29.6 Å². The Morgan fingerprint density at radius 1 is 1.45 bits per heavy atom. The molecule has 0 aromatic carbocycles. The highest BCUT2D eigenvalue weighted by Crippen LogP contribution is 2.18.